The van der Waals surface area contributed by atoms with E-state index in [-0.39, 0.29) is 24.3 Å². The van der Waals surface area contributed by atoms with E-state index in [4.69, 9.17) is 9.47 Å². The minimum absolute atomic E-state index is 0.000794. The molecule has 0 amide bonds. The maximum atomic E-state index is 7.42. The molecule has 0 unspecified atom stereocenters. The van der Waals surface area contributed by atoms with Gasteiger partial charge in [-0.1, -0.05) is 252 Å². The fraction of sp³-hybridized carbons (Fsp3) is 0.0816. The van der Waals surface area contributed by atoms with Crippen LogP contribution in [0.25, 0.3) is 99.5 Å². The highest BCUT2D eigenvalue weighted by atomic mass is 16.5. The Kier molecular flexibility index (Phi) is 13.1. The highest BCUT2D eigenvalue weighted by molar-refractivity contribution is 7.00. The van der Waals surface area contributed by atoms with E-state index >= 15 is 0 Å². The van der Waals surface area contributed by atoms with Gasteiger partial charge in [0.15, 0.2) is 0 Å². The molecule has 17 aromatic rings. The predicted octanol–water partition coefficient (Wildman–Crippen LogP) is 21.7. The van der Waals surface area contributed by atoms with Crippen LogP contribution in [0.2, 0.25) is 0 Å². The maximum Gasteiger partial charge on any atom is 0.260 e. The van der Waals surface area contributed by atoms with Crippen molar-refractivity contribution in [3.05, 3.63) is 339 Å². The van der Waals surface area contributed by atoms with Crippen molar-refractivity contribution in [3.8, 4) is 78.9 Å². The molecule has 0 atom stereocenters. The predicted molar refractivity (Wildman–Crippen MR) is 444 cm³/mol. The van der Waals surface area contributed by atoms with Crippen molar-refractivity contribution < 1.29 is 9.47 Å². The molecule has 6 nitrogen and oxygen atoms in total. The van der Waals surface area contributed by atoms with Gasteiger partial charge in [0.1, 0.15) is 23.0 Å². The lowest BCUT2D eigenvalue weighted by Crippen LogP contribution is -2.61. The standard InChI is InChI=1S/C98H70B2N4O2/c1-97(2)52-53-98(3,4)94-71(33-23-34-76(94)97)63-42-45-67(46-43-63)101-86-59-68(102-82-37-18-12-29-72(82)73-30-13-19-38-83(73)102)47-50-77(86)99-78-51-48-69(103-84-39-20-14-31-74(84)75-32-15-21-40-85(75)103)60-87(78)104(81-36-17-11-28-70(81)62-26-9-6-10-27-62)89-55-65(54-88(101)95(89)99)66-57-92-96-93(58-66)106-91-56-64(61-24-7-5-8-25-61)44-49-80(91)100(96)79-35-16-22-41-90(79)105-92/h5-51,54-60H,52-53H2,1-4H3. The lowest BCUT2D eigenvalue weighted by atomic mass is 9.33. The quantitative estimate of drug-likeness (QED) is 0.142. The van der Waals surface area contributed by atoms with Crippen LogP contribution in [0, 0.1) is 0 Å². The Morgan fingerprint density at radius 2 is 0.717 bits per heavy atom. The first-order chi connectivity index (χ1) is 52.1. The van der Waals surface area contributed by atoms with E-state index in [0.29, 0.717) is 0 Å². The Bertz CT molecular complexity index is 6460. The van der Waals surface area contributed by atoms with E-state index in [0.717, 1.165) is 153 Å². The largest absolute Gasteiger partial charge is 0.458 e. The minimum atomic E-state index is -0.232. The van der Waals surface area contributed by atoms with E-state index in [1.807, 2.05) is 0 Å². The number of aromatic nitrogens is 2. The van der Waals surface area contributed by atoms with Gasteiger partial charge < -0.3 is 28.4 Å². The molecule has 5 aliphatic rings. The van der Waals surface area contributed by atoms with Crippen LogP contribution in [0.1, 0.15) is 51.7 Å². The van der Waals surface area contributed by atoms with Gasteiger partial charge in [0.25, 0.3) is 13.4 Å². The summed E-state index contributed by atoms with van der Waals surface area (Å²) in [6.07, 6.45) is 2.28. The molecule has 4 aliphatic heterocycles. The van der Waals surface area contributed by atoms with Crippen LogP contribution < -0.4 is 52.1 Å². The van der Waals surface area contributed by atoms with Gasteiger partial charge in [-0.05, 0) is 204 Å². The van der Waals surface area contributed by atoms with E-state index in [1.165, 1.54) is 60.2 Å². The van der Waals surface area contributed by atoms with E-state index in [2.05, 4.69) is 374 Å². The third-order valence-electron chi connectivity index (χ3n) is 24.1. The van der Waals surface area contributed by atoms with Gasteiger partial charge in [0.05, 0.1) is 27.8 Å². The zero-order valence-corrected chi connectivity index (χ0v) is 59.4. The van der Waals surface area contributed by atoms with Gasteiger partial charge in [-0.15, -0.1) is 0 Å². The summed E-state index contributed by atoms with van der Waals surface area (Å²) in [4.78, 5) is 5.21. The van der Waals surface area contributed by atoms with Crippen LogP contribution in [0.3, 0.4) is 0 Å². The number of hydrogen-bond donors (Lipinski definition) is 0. The molecule has 0 bridgehead atoms. The number of anilines is 6. The summed E-state index contributed by atoms with van der Waals surface area (Å²) in [7, 11) is 0. The third-order valence-corrected chi connectivity index (χ3v) is 24.1. The molecule has 0 saturated heterocycles. The molecular formula is C98H70B2N4O2. The van der Waals surface area contributed by atoms with E-state index < -0.39 is 0 Å². The molecule has 1 aliphatic carbocycles. The molecule has 0 fully saturated rings. The lowest BCUT2D eigenvalue weighted by Gasteiger charge is -2.45. The Labute approximate surface area is 617 Å². The second-order valence-electron chi connectivity index (χ2n) is 30.9. The molecule has 0 N–H and O–H groups in total. The van der Waals surface area contributed by atoms with Crippen molar-refractivity contribution in [3.63, 3.8) is 0 Å². The Morgan fingerprint density at radius 3 is 1.35 bits per heavy atom. The van der Waals surface area contributed by atoms with E-state index in [9.17, 15) is 0 Å². The zero-order valence-electron chi connectivity index (χ0n) is 59.4. The van der Waals surface area contributed by atoms with Crippen LogP contribution in [0.15, 0.2) is 328 Å². The highest BCUT2D eigenvalue weighted by Gasteiger charge is 2.47. The first-order valence-electron chi connectivity index (χ1n) is 37.3. The zero-order chi connectivity index (χ0) is 70.3. The summed E-state index contributed by atoms with van der Waals surface area (Å²) < 4.78 is 19.6. The molecular weight excluding hydrogens is 1290 g/mol. The van der Waals surface area contributed by atoms with Gasteiger partial charge >= 0.3 is 0 Å². The second-order valence-corrected chi connectivity index (χ2v) is 30.9. The monoisotopic (exact) mass is 1360 g/mol. The number of benzene rings is 15. The van der Waals surface area contributed by atoms with Crippen LogP contribution in [-0.4, -0.2) is 22.6 Å². The number of hydrogen-bond acceptors (Lipinski definition) is 4. The SMILES string of the molecule is CC1(C)CCC(C)(C)c2c(-c3ccc(N4c5cc(-n6c7ccccc7c7ccccc76)ccc5B5c6ccc(-n7c8ccccc8c8ccccc87)cc6N(c6ccccc6-c6ccccc6)c6cc(-c7cc8c9c(c7)Oc7cc(-c%10ccccc%10)ccc7B9c7ccccc7O8)cc4c65)cc3)cccc21. The molecule has 15 aromatic carbocycles. The molecule has 500 valence electrons. The first kappa shape index (κ1) is 60.8. The molecule has 0 saturated carbocycles. The van der Waals surface area contributed by atoms with Gasteiger partial charge in [-0.25, -0.2) is 0 Å². The minimum Gasteiger partial charge on any atom is -0.458 e. The summed E-state index contributed by atoms with van der Waals surface area (Å²) >= 11 is 0. The average molecular weight is 1360 g/mol. The number of rotatable bonds is 8. The van der Waals surface area contributed by atoms with Crippen LogP contribution >= 0.6 is 0 Å². The molecule has 22 rings (SSSR count). The second kappa shape index (κ2) is 22.9. The number of para-hydroxylation sites is 6. The summed E-state index contributed by atoms with van der Waals surface area (Å²) in [5.74, 6) is 3.26. The Balaban J connectivity index is 0.841. The van der Waals surface area contributed by atoms with Crippen molar-refractivity contribution in [1.82, 2.24) is 9.13 Å². The van der Waals surface area contributed by atoms with Crippen molar-refractivity contribution in [2.75, 3.05) is 9.80 Å². The van der Waals surface area contributed by atoms with E-state index in [1.54, 1.807) is 0 Å². The average Bonchev–Trinajstić information content (AvgIpc) is 0.760. The number of ether oxygens (including phenoxy) is 2. The highest BCUT2D eigenvalue weighted by Crippen LogP contribution is 2.53. The molecule has 6 heterocycles. The van der Waals surface area contributed by atoms with Gasteiger partial charge in [-0.2, -0.15) is 0 Å². The van der Waals surface area contributed by atoms with Crippen molar-refractivity contribution >= 4 is 124 Å². The van der Waals surface area contributed by atoms with Crippen LogP contribution in [0.4, 0.5) is 34.1 Å². The lowest BCUT2D eigenvalue weighted by molar-refractivity contribution is 0.333. The van der Waals surface area contributed by atoms with Crippen molar-refractivity contribution in [2.45, 2.75) is 51.4 Å². The fourth-order valence-electron chi connectivity index (χ4n) is 19.1. The number of nitrogens with zero attached hydrogens (tertiary/aromatic N) is 4. The number of fused-ring (bicyclic) bond motifs is 15. The Hall–Kier alpha value is -12.8. The third kappa shape index (κ3) is 9.00. The molecule has 106 heavy (non-hydrogen) atoms. The van der Waals surface area contributed by atoms with Gasteiger partial charge in [0, 0.05) is 72.4 Å². The van der Waals surface area contributed by atoms with Crippen LogP contribution in [-0.2, 0) is 10.8 Å². The van der Waals surface area contributed by atoms with Crippen molar-refractivity contribution in [1.29, 1.82) is 0 Å². The Morgan fingerprint density at radius 1 is 0.274 bits per heavy atom. The smallest absolute Gasteiger partial charge is 0.260 e. The van der Waals surface area contributed by atoms with Gasteiger partial charge in [-0.3, -0.25) is 0 Å². The summed E-state index contributed by atoms with van der Waals surface area (Å²) in [6, 6.07) is 122. The van der Waals surface area contributed by atoms with Crippen molar-refractivity contribution in [2.24, 2.45) is 0 Å². The first-order valence-corrected chi connectivity index (χ1v) is 37.3. The normalized spacial score (nSPS) is 14.6. The summed E-state index contributed by atoms with van der Waals surface area (Å²) in [5, 5.41) is 4.89. The summed E-state index contributed by atoms with van der Waals surface area (Å²) in [6.45, 7) is 9.40. The fourth-order valence-corrected chi connectivity index (χ4v) is 19.1. The molecule has 2 aromatic heterocycles. The molecule has 8 heteroatoms. The molecule has 0 spiro atoms. The van der Waals surface area contributed by atoms with Gasteiger partial charge in [0.2, 0.25) is 0 Å². The summed E-state index contributed by atoms with van der Waals surface area (Å²) in [5.41, 5.74) is 32.3. The van der Waals surface area contributed by atoms with Crippen LogP contribution in [0.5, 0.6) is 23.0 Å². The molecule has 0 radical (unpaired) electrons. The maximum absolute atomic E-state index is 7.42. The topological polar surface area (TPSA) is 34.8 Å².